The van der Waals surface area contributed by atoms with Gasteiger partial charge >= 0.3 is 0 Å². The molecule has 3 N–H and O–H groups in total. The van der Waals surface area contributed by atoms with Gasteiger partial charge in [-0.15, -0.1) is 0 Å². The molecule has 2 unspecified atom stereocenters. The number of thiophene rings is 1. The Morgan fingerprint density at radius 3 is 2.85 bits per heavy atom. The molecule has 0 amide bonds. The highest BCUT2D eigenvalue weighted by atomic mass is 32.1. The molecule has 0 saturated carbocycles. The molecule has 13 heavy (non-hydrogen) atoms. The van der Waals surface area contributed by atoms with Gasteiger partial charge in [0.2, 0.25) is 0 Å². The highest BCUT2D eigenvalue weighted by Gasteiger charge is 2.18. The first-order chi connectivity index (χ1) is 6.29. The van der Waals surface area contributed by atoms with E-state index < -0.39 is 0 Å². The summed E-state index contributed by atoms with van der Waals surface area (Å²) in [6, 6.07) is 1.97. The summed E-state index contributed by atoms with van der Waals surface area (Å²) in [5.74, 6) is 0.208. The highest BCUT2D eigenvalue weighted by molar-refractivity contribution is 7.07. The molecule has 0 saturated heterocycles. The first kappa shape index (κ1) is 10.7. The number of nitrogens with two attached hydrogens (primary N) is 1. The normalized spacial score (nSPS) is 15.6. The Hall–Kier alpha value is -0.380. The Bertz CT molecular complexity index is 223. The summed E-state index contributed by atoms with van der Waals surface area (Å²) >= 11 is 1.61. The van der Waals surface area contributed by atoms with Gasteiger partial charge in [-0.3, -0.25) is 0 Å². The third kappa shape index (κ3) is 2.79. The minimum absolute atomic E-state index is 0.208. The molecule has 0 radical (unpaired) electrons. The van der Waals surface area contributed by atoms with Crippen LogP contribution in [0.3, 0.4) is 0 Å². The molecule has 0 aliphatic carbocycles. The average molecular weight is 199 g/mol. The number of rotatable bonds is 5. The van der Waals surface area contributed by atoms with Crippen LogP contribution in [-0.4, -0.2) is 11.7 Å². The second kappa shape index (κ2) is 5.37. The zero-order chi connectivity index (χ0) is 9.68. The van der Waals surface area contributed by atoms with E-state index in [1.54, 1.807) is 11.3 Å². The monoisotopic (exact) mass is 199 g/mol. The van der Waals surface area contributed by atoms with Crippen molar-refractivity contribution in [2.75, 3.05) is 6.54 Å². The lowest BCUT2D eigenvalue weighted by molar-refractivity contribution is 0.107. The van der Waals surface area contributed by atoms with Gasteiger partial charge in [0.05, 0.1) is 6.10 Å². The van der Waals surface area contributed by atoms with E-state index in [0.717, 1.165) is 18.4 Å². The van der Waals surface area contributed by atoms with E-state index in [-0.39, 0.29) is 12.0 Å². The molecule has 2 nitrogen and oxygen atoms in total. The molecule has 0 bridgehead atoms. The molecule has 1 aromatic rings. The Morgan fingerprint density at radius 1 is 1.62 bits per heavy atom. The predicted molar refractivity (Wildman–Crippen MR) is 56.7 cm³/mol. The molecule has 1 heterocycles. The van der Waals surface area contributed by atoms with Gasteiger partial charge in [-0.1, -0.05) is 13.3 Å². The second-order valence-electron chi connectivity index (χ2n) is 3.29. The Labute approximate surface area is 83.4 Å². The van der Waals surface area contributed by atoms with Crippen LogP contribution < -0.4 is 5.73 Å². The van der Waals surface area contributed by atoms with E-state index in [1.165, 1.54) is 0 Å². The third-order valence-corrected chi connectivity index (χ3v) is 2.99. The van der Waals surface area contributed by atoms with E-state index in [4.69, 9.17) is 5.73 Å². The Kier molecular flexibility index (Phi) is 4.42. The second-order valence-corrected chi connectivity index (χ2v) is 4.07. The molecular formula is C10H17NOS. The zero-order valence-corrected chi connectivity index (χ0v) is 8.76. The van der Waals surface area contributed by atoms with Gasteiger partial charge in [0, 0.05) is 5.92 Å². The van der Waals surface area contributed by atoms with Crippen molar-refractivity contribution in [1.29, 1.82) is 0 Å². The van der Waals surface area contributed by atoms with Crippen molar-refractivity contribution >= 4 is 11.3 Å². The largest absolute Gasteiger partial charge is 0.388 e. The molecule has 1 rings (SSSR count). The van der Waals surface area contributed by atoms with Crippen LogP contribution in [0.2, 0.25) is 0 Å². The SMILES string of the molecule is CCCC(CN)C(O)c1ccsc1. The zero-order valence-electron chi connectivity index (χ0n) is 7.94. The molecule has 2 atom stereocenters. The van der Waals surface area contributed by atoms with Crippen LogP contribution in [0.1, 0.15) is 31.4 Å². The lowest BCUT2D eigenvalue weighted by Gasteiger charge is -2.19. The van der Waals surface area contributed by atoms with Crippen molar-refractivity contribution in [3.8, 4) is 0 Å². The molecule has 0 aliphatic rings. The van der Waals surface area contributed by atoms with Crippen LogP contribution in [0.5, 0.6) is 0 Å². The highest BCUT2D eigenvalue weighted by Crippen LogP contribution is 2.26. The number of aliphatic hydroxyl groups excluding tert-OH is 1. The van der Waals surface area contributed by atoms with Gasteiger partial charge in [-0.2, -0.15) is 11.3 Å². The molecule has 0 fully saturated rings. The van der Waals surface area contributed by atoms with Crippen LogP contribution in [0.25, 0.3) is 0 Å². The van der Waals surface area contributed by atoms with Crippen molar-refractivity contribution < 1.29 is 5.11 Å². The minimum atomic E-state index is -0.379. The lowest BCUT2D eigenvalue weighted by Crippen LogP contribution is -2.21. The molecule has 1 aromatic heterocycles. The standard InChI is InChI=1S/C10H17NOS/c1-2-3-8(6-11)10(12)9-4-5-13-7-9/h4-5,7-8,10,12H,2-3,6,11H2,1H3. The molecule has 0 spiro atoms. The van der Waals surface area contributed by atoms with Crippen LogP contribution >= 0.6 is 11.3 Å². The summed E-state index contributed by atoms with van der Waals surface area (Å²) in [6.45, 7) is 2.67. The maximum atomic E-state index is 9.93. The van der Waals surface area contributed by atoms with E-state index in [9.17, 15) is 5.11 Å². The number of aliphatic hydroxyl groups is 1. The van der Waals surface area contributed by atoms with Gasteiger partial charge in [0.25, 0.3) is 0 Å². The summed E-state index contributed by atoms with van der Waals surface area (Å²) in [5.41, 5.74) is 6.62. The molecular weight excluding hydrogens is 182 g/mol. The van der Waals surface area contributed by atoms with Crippen molar-refractivity contribution in [1.82, 2.24) is 0 Å². The fraction of sp³-hybridized carbons (Fsp3) is 0.600. The van der Waals surface area contributed by atoms with Crippen molar-refractivity contribution in [3.63, 3.8) is 0 Å². The van der Waals surface area contributed by atoms with Crippen LogP contribution in [0.4, 0.5) is 0 Å². The molecule has 74 valence electrons. The van der Waals surface area contributed by atoms with Crippen LogP contribution in [0, 0.1) is 5.92 Å². The third-order valence-electron chi connectivity index (χ3n) is 2.29. The van der Waals surface area contributed by atoms with Gasteiger partial charge in [0.15, 0.2) is 0 Å². The Morgan fingerprint density at radius 2 is 2.38 bits per heavy atom. The fourth-order valence-electron chi connectivity index (χ4n) is 1.49. The maximum absolute atomic E-state index is 9.93. The van der Waals surface area contributed by atoms with E-state index in [1.807, 2.05) is 16.8 Å². The first-order valence-corrected chi connectivity index (χ1v) is 5.64. The van der Waals surface area contributed by atoms with E-state index >= 15 is 0 Å². The molecule has 3 heteroatoms. The minimum Gasteiger partial charge on any atom is -0.388 e. The number of hydrogen-bond donors (Lipinski definition) is 2. The first-order valence-electron chi connectivity index (χ1n) is 4.69. The van der Waals surface area contributed by atoms with Gasteiger partial charge in [-0.05, 0) is 35.4 Å². The van der Waals surface area contributed by atoms with Gasteiger partial charge in [0.1, 0.15) is 0 Å². The topological polar surface area (TPSA) is 46.2 Å². The fourth-order valence-corrected chi connectivity index (χ4v) is 2.18. The van der Waals surface area contributed by atoms with Gasteiger partial charge in [-0.25, -0.2) is 0 Å². The molecule has 0 aliphatic heterocycles. The number of hydrogen-bond acceptors (Lipinski definition) is 3. The summed E-state index contributed by atoms with van der Waals surface area (Å²) in [4.78, 5) is 0. The van der Waals surface area contributed by atoms with Crippen molar-refractivity contribution in [2.24, 2.45) is 11.7 Å². The lowest BCUT2D eigenvalue weighted by atomic mass is 9.93. The Balaban J connectivity index is 2.58. The van der Waals surface area contributed by atoms with Crippen LogP contribution in [0.15, 0.2) is 16.8 Å². The summed E-state index contributed by atoms with van der Waals surface area (Å²) < 4.78 is 0. The van der Waals surface area contributed by atoms with E-state index in [0.29, 0.717) is 6.54 Å². The summed E-state index contributed by atoms with van der Waals surface area (Å²) in [5, 5.41) is 13.9. The maximum Gasteiger partial charge on any atom is 0.0838 e. The van der Waals surface area contributed by atoms with E-state index in [2.05, 4.69) is 6.92 Å². The summed E-state index contributed by atoms with van der Waals surface area (Å²) in [7, 11) is 0. The van der Waals surface area contributed by atoms with Gasteiger partial charge < -0.3 is 10.8 Å². The quantitative estimate of drug-likeness (QED) is 0.763. The van der Waals surface area contributed by atoms with Crippen LogP contribution in [-0.2, 0) is 0 Å². The van der Waals surface area contributed by atoms with Crippen molar-refractivity contribution in [3.05, 3.63) is 22.4 Å². The smallest absolute Gasteiger partial charge is 0.0838 e. The summed E-state index contributed by atoms with van der Waals surface area (Å²) in [6.07, 6.45) is 1.69. The average Bonchev–Trinajstić information content (AvgIpc) is 2.65. The molecule has 0 aromatic carbocycles. The predicted octanol–water partition coefficient (Wildman–Crippen LogP) is 2.16. The van der Waals surface area contributed by atoms with Crippen molar-refractivity contribution in [2.45, 2.75) is 25.9 Å².